The highest BCUT2D eigenvalue weighted by atomic mass is 32.2. The van der Waals surface area contributed by atoms with Crippen LogP contribution in [0.5, 0.6) is 0 Å². The number of benzene rings is 1. The lowest BCUT2D eigenvalue weighted by Crippen LogP contribution is -2.48. The molecular weight excluding hydrogens is 291 g/mol. The molecule has 1 heterocycles. The van der Waals surface area contributed by atoms with Gasteiger partial charge in [-0.3, -0.25) is 0 Å². The molecule has 0 saturated carbocycles. The Balaban J connectivity index is 1.91. The fourth-order valence-corrected chi connectivity index (χ4v) is 3.70. The van der Waals surface area contributed by atoms with Crippen molar-refractivity contribution in [2.75, 3.05) is 25.9 Å². The molecule has 118 valence electrons. The number of piperidine rings is 1. The Kier molecular flexibility index (Phi) is 5.35. The molecule has 1 saturated heterocycles. The van der Waals surface area contributed by atoms with Gasteiger partial charge in [0.1, 0.15) is 5.82 Å². The first kappa shape index (κ1) is 16.4. The van der Waals surface area contributed by atoms with Crippen molar-refractivity contribution in [1.82, 2.24) is 9.62 Å². The van der Waals surface area contributed by atoms with Crippen LogP contribution in [0, 0.1) is 5.82 Å². The second-order valence-corrected chi connectivity index (χ2v) is 7.72. The second kappa shape index (κ2) is 6.85. The first-order chi connectivity index (χ1) is 9.83. The summed E-state index contributed by atoms with van der Waals surface area (Å²) in [5.41, 5.74) is 1.11. The molecule has 0 amide bonds. The number of halogens is 1. The summed E-state index contributed by atoms with van der Waals surface area (Å²) in [5.74, 6) is 0.0731. The molecule has 1 aliphatic heterocycles. The molecule has 0 aliphatic carbocycles. The van der Waals surface area contributed by atoms with E-state index in [-0.39, 0.29) is 11.9 Å². The molecule has 1 aliphatic rings. The third-order valence-electron chi connectivity index (χ3n) is 3.86. The number of hydrogen-bond acceptors (Lipinski definition) is 3. The first-order valence-corrected chi connectivity index (χ1v) is 9.18. The van der Waals surface area contributed by atoms with Gasteiger partial charge in [-0.2, -0.15) is 0 Å². The van der Waals surface area contributed by atoms with Crippen LogP contribution < -0.4 is 4.72 Å². The second-order valence-electron chi connectivity index (χ2n) is 5.94. The Morgan fingerprint density at radius 3 is 2.67 bits per heavy atom. The van der Waals surface area contributed by atoms with Gasteiger partial charge in [-0.1, -0.05) is 19.1 Å². The Labute approximate surface area is 126 Å². The van der Waals surface area contributed by atoms with Crippen LogP contribution in [0.3, 0.4) is 0 Å². The SMILES string of the molecule is C[C@@H](CN1CCC[C@H](NS(C)(=O)=O)C1)c1ccc(F)cc1. The molecule has 1 aromatic rings. The molecule has 0 bridgehead atoms. The fourth-order valence-electron chi connectivity index (χ4n) is 2.90. The molecule has 0 spiro atoms. The van der Waals surface area contributed by atoms with Gasteiger partial charge < -0.3 is 4.90 Å². The summed E-state index contributed by atoms with van der Waals surface area (Å²) in [6.07, 6.45) is 3.07. The molecule has 6 heteroatoms. The van der Waals surface area contributed by atoms with Gasteiger partial charge in [0, 0.05) is 19.1 Å². The Morgan fingerprint density at radius 2 is 2.05 bits per heavy atom. The zero-order chi connectivity index (χ0) is 15.5. The monoisotopic (exact) mass is 314 g/mol. The maximum absolute atomic E-state index is 12.9. The van der Waals surface area contributed by atoms with Gasteiger partial charge >= 0.3 is 0 Å². The van der Waals surface area contributed by atoms with Crippen LogP contribution in [0.15, 0.2) is 24.3 Å². The largest absolute Gasteiger partial charge is 0.301 e. The molecule has 1 N–H and O–H groups in total. The maximum Gasteiger partial charge on any atom is 0.208 e. The van der Waals surface area contributed by atoms with E-state index in [0.717, 1.165) is 38.0 Å². The van der Waals surface area contributed by atoms with Gasteiger partial charge in [0.05, 0.1) is 6.26 Å². The van der Waals surface area contributed by atoms with Crippen LogP contribution in [0.2, 0.25) is 0 Å². The van der Waals surface area contributed by atoms with Gasteiger partial charge in [0.2, 0.25) is 10.0 Å². The Bertz CT molecular complexity index is 560. The molecule has 1 fully saturated rings. The Morgan fingerprint density at radius 1 is 1.38 bits per heavy atom. The summed E-state index contributed by atoms with van der Waals surface area (Å²) >= 11 is 0. The van der Waals surface area contributed by atoms with Crippen molar-refractivity contribution in [3.8, 4) is 0 Å². The standard InChI is InChI=1S/C15H23FN2O2S/c1-12(13-5-7-14(16)8-6-13)10-18-9-3-4-15(11-18)17-21(2,19)20/h5-8,12,15,17H,3-4,9-11H2,1-2H3/t12-,15-/m0/s1. The fraction of sp³-hybridized carbons (Fsp3) is 0.600. The minimum absolute atomic E-state index is 0.00540. The van der Waals surface area contributed by atoms with Gasteiger partial charge in [-0.05, 0) is 43.0 Å². The normalized spacial score (nSPS) is 22.1. The van der Waals surface area contributed by atoms with E-state index in [1.165, 1.54) is 18.4 Å². The van der Waals surface area contributed by atoms with Gasteiger partial charge in [-0.25, -0.2) is 17.5 Å². The van der Waals surface area contributed by atoms with E-state index in [4.69, 9.17) is 0 Å². The van der Waals surface area contributed by atoms with E-state index in [1.54, 1.807) is 0 Å². The van der Waals surface area contributed by atoms with E-state index >= 15 is 0 Å². The van der Waals surface area contributed by atoms with E-state index < -0.39 is 10.0 Å². The number of rotatable bonds is 5. The van der Waals surface area contributed by atoms with Crippen molar-refractivity contribution in [2.45, 2.75) is 31.7 Å². The van der Waals surface area contributed by atoms with Gasteiger partial charge in [0.25, 0.3) is 0 Å². The first-order valence-electron chi connectivity index (χ1n) is 7.28. The van der Waals surface area contributed by atoms with Crippen molar-refractivity contribution in [2.24, 2.45) is 0 Å². The molecule has 0 aromatic heterocycles. The third-order valence-corrected chi connectivity index (χ3v) is 4.62. The van der Waals surface area contributed by atoms with Crippen LogP contribution in [-0.4, -0.2) is 45.2 Å². The lowest BCUT2D eigenvalue weighted by molar-refractivity contribution is 0.194. The molecule has 2 atom stereocenters. The maximum atomic E-state index is 12.9. The molecular formula is C15H23FN2O2S. The predicted octanol–water partition coefficient (Wildman–Crippen LogP) is 1.94. The van der Waals surface area contributed by atoms with E-state index in [2.05, 4.69) is 16.5 Å². The highest BCUT2D eigenvalue weighted by Gasteiger charge is 2.23. The topological polar surface area (TPSA) is 49.4 Å². The van der Waals surface area contributed by atoms with Gasteiger partial charge in [0.15, 0.2) is 0 Å². The summed E-state index contributed by atoms with van der Waals surface area (Å²) < 4.78 is 38.3. The Hall–Kier alpha value is -0.980. The highest BCUT2D eigenvalue weighted by molar-refractivity contribution is 7.88. The number of sulfonamides is 1. The molecule has 0 unspecified atom stereocenters. The lowest BCUT2D eigenvalue weighted by Gasteiger charge is -2.34. The number of likely N-dealkylation sites (tertiary alicyclic amines) is 1. The minimum atomic E-state index is -3.15. The summed E-state index contributed by atoms with van der Waals surface area (Å²) in [6, 6.07) is 6.59. The van der Waals surface area contributed by atoms with Crippen LogP contribution in [0.4, 0.5) is 4.39 Å². The van der Waals surface area contributed by atoms with Crippen molar-refractivity contribution in [3.63, 3.8) is 0 Å². The summed E-state index contributed by atoms with van der Waals surface area (Å²) in [4.78, 5) is 2.28. The van der Waals surface area contributed by atoms with Crippen molar-refractivity contribution < 1.29 is 12.8 Å². The highest BCUT2D eigenvalue weighted by Crippen LogP contribution is 2.20. The van der Waals surface area contributed by atoms with Crippen molar-refractivity contribution in [3.05, 3.63) is 35.6 Å². The summed E-state index contributed by atoms with van der Waals surface area (Å²) in [5, 5.41) is 0. The number of hydrogen-bond donors (Lipinski definition) is 1. The molecule has 1 aromatic carbocycles. The quantitative estimate of drug-likeness (QED) is 0.903. The third kappa shape index (κ3) is 5.37. The predicted molar refractivity (Wildman–Crippen MR) is 82.3 cm³/mol. The van der Waals surface area contributed by atoms with Gasteiger partial charge in [-0.15, -0.1) is 0 Å². The van der Waals surface area contributed by atoms with Crippen molar-refractivity contribution >= 4 is 10.0 Å². The smallest absolute Gasteiger partial charge is 0.208 e. The molecule has 21 heavy (non-hydrogen) atoms. The van der Waals surface area contributed by atoms with Crippen LogP contribution >= 0.6 is 0 Å². The van der Waals surface area contributed by atoms with Crippen LogP contribution in [0.1, 0.15) is 31.2 Å². The van der Waals surface area contributed by atoms with E-state index in [9.17, 15) is 12.8 Å². The zero-order valence-corrected chi connectivity index (χ0v) is 13.4. The minimum Gasteiger partial charge on any atom is -0.301 e. The number of nitrogens with one attached hydrogen (secondary N) is 1. The van der Waals surface area contributed by atoms with Crippen LogP contribution in [-0.2, 0) is 10.0 Å². The average molecular weight is 314 g/mol. The lowest BCUT2D eigenvalue weighted by atomic mass is 9.98. The van der Waals surface area contributed by atoms with Crippen LogP contribution in [0.25, 0.3) is 0 Å². The zero-order valence-electron chi connectivity index (χ0n) is 12.5. The molecule has 2 rings (SSSR count). The van der Waals surface area contributed by atoms with Crippen molar-refractivity contribution in [1.29, 1.82) is 0 Å². The summed E-state index contributed by atoms with van der Waals surface area (Å²) in [6.45, 7) is 4.68. The molecule has 4 nitrogen and oxygen atoms in total. The molecule has 0 radical (unpaired) electrons. The average Bonchev–Trinajstić information content (AvgIpc) is 2.37. The van der Waals surface area contributed by atoms with E-state index in [0.29, 0.717) is 5.92 Å². The summed E-state index contributed by atoms with van der Waals surface area (Å²) in [7, 11) is -3.15. The van der Waals surface area contributed by atoms with E-state index in [1.807, 2.05) is 12.1 Å². The number of nitrogens with zero attached hydrogens (tertiary/aromatic N) is 1.